The number of H-pyrrole nitrogens is 1. The fourth-order valence-corrected chi connectivity index (χ4v) is 5.66. The van der Waals surface area contributed by atoms with Crippen molar-refractivity contribution in [1.82, 2.24) is 20.1 Å². The number of hydrogen-bond donors (Lipinski definition) is 3. The summed E-state index contributed by atoms with van der Waals surface area (Å²) < 4.78 is 5.91. The lowest BCUT2D eigenvalue weighted by molar-refractivity contribution is -0.137. The number of hydrogen-bond acceptors (Lipinski definition) is 5. The van der Waals surface area contributed by atoms with Crippen molar-refractivity contribution in [1.29, 1.82) is 0 Å². The van der Waals surface area contributed by atoms with E-state index in [4.69, 9.17) is 4.74 Å². The van der Waals surface area contributed by atoms with Gasteiger partial charge < -0.3 is 19.7 Å². The Morgan fingerprint density at radius 1 is 0.911 bits per heavy atom. The van der Waals surface area contributed by atoms with Crippen LogP contribution in [-0.2, 0) is 22.4 Å². The van der Waals surface area contributed by atoms with Crippen LogP contribution in [0, 0.1) is 0 Å². The van der Waals surface area contributed by atoms with Crippen molar-refractivity contribution >= 4 is 28.9 Å². The number of carbonyl (C=O) groups is 3. The summed E-state index contributed by atoms with van der Waals surface area (Å²) in [4.78, 5) is 45.9. The number of aliphatic carboxylic acids is 1. The van der Waals surface area contributed by atoms with Gasteiger partial charge in [-0.15, -0.1) is 0 Å². The van der Waals surface area contributed by atoms with Crippen LogP contribution in [0.2, 0.25) is 0 Å². The van der Waals surface area contributed by atoms with Crippen molar-refractivity contribution in [2.24, 2.45) is 0 Å². The van der Waals surface area contributed by atoms with Crippen LogP contribution >= 0.6 is 0 Å². The Labute approximate surface area is 265 Å². The molecule has 3 N–H and O–H groups in total. The summed E-state index contributed by atoms with van der Waals surface area (Å²) >= 11 is 0. The molecule has 0 aliphatic rings. The Kier molecular flexibility index (Phi) is 11.0. The van der Waals surface area contributed by atoms with Gasteiger partial charge >= 0.3 is 12.1 Å². The molecule has 45 heavy (non-hydrogen) atoms. The van der Waals surface area contributed by atoms with Crippen molar-refractivity contribution in [2.75, 3.05) is 13.6 Å². The van der Waals surface area contributed by atoms with Crippen molar-refractivity contribution in [2.45, 2.75) is 70.8 Å². The monoisotopic (exact) mass is 612 g/mol. The summed E-state index contributed by atoms with van der Waals surface area (Å²) in [5.41, 5.74) is 2.72. The summed E-state index contributed by atoms with van der Waals surface area (Å²) in [7, 11) is 1.73. The van der Waals surface area contributed by atoms with Crippen molar-refractivity contribution in [3.05, 3.63) is 108 Å². The molecule has 0 spiro atoms. The minimum atomic E-state index is -0.947. The van der Waals surface area contributed by atoms with E-state index in [0.29, 0.717) is 18.4 Å². The van der Waals surface area contributed by atoms with Gasteiger partial charge in [0.1, 0.15) is 5.60 Å². The predicted molar refractivity (Wildman–Crippen MR) is 176 cm³/mol. The van der Waals surface area contributed by atoms with E-state index in [9.17, 15) is 19.5 Å². The number of amides is 2. The summed E-state index contributed by atoms with van der Waals surface area (Å²) in [6.45, 7) is 7.49. The molecule has 0 saturated heterocycles. The quantitative estimate of drug-likeness (QED) is 0.157. The van der Waals surface area contributed by atoms with E-state index in [0.717, 1.165) is 22.0 Å². The second-order valence-corrected chi connectivity index (χ2v) is 12.5. The fourth-order valence-electron chi connectivity index (χ4n) is 5.66. The maximum atomic E-state index is 14.0. The van der Waals surface area contributed by atoms with Gasteiger partial charge in [0.25, 0.3) is 5.91 Å². The highest BCUT2D eigenvalue weighted by atomic mass is 16.6. The van der Waals surface area contributed by atoms with Crippen LogP contribution < -0.4 is 5.32 Å². The van der Waals surface area contributed by atoms with Gasteiger partial charge in [0.2, 0.25) is 0 Å². The first-order chi connectivity index (χ1) is 21.4. The molecule has 0 bridgehead atoms. The molecular weight excluding hydrogens is 568 g/mol. The zero-order chi connectivity index (χ0) is 32.6. The van der Waals surface area contributed by atoms with E-state index in [-0.39, 0.29) is 18.9 Å². The molecule has 0 fully saturated rings. The number of likely N-dealkylation sites (N-methyl/N-ethyl adjacent to an activating group) is 1. The van der Waals surface area contributed by atoms with Gasteiger partial charge in [-0.05, 0) is 69.9 Å². The average Bonchev–Trinajstić information content (AvgIpc) is 3.39. The third-order valence-corrected chi connectivity index (χ3v) is 7.62. The number of para-hydroxylation sites is 1. The molecule has 3 atom stereocenters. The highest BCUT2D eigenvalue weighted by Crippen LogP contribution is 2.22. The van der Waals surface area contributed by atoms with Crippen LogP contribution in [0.1, 0.15) is 55.6 Å². The first-order valence-corrected chi connectivity index (χ1v) is 15.3. The number of benzene rings is 3. The second kappa shape index (κ2) is 14.9. The van der Waals surface area contributed by atoms with E-state index < -0.39 is 35.9 Å². The number of aromatic amines is 1. The highest BCUT2D eigenvalue weighted by Gasteiger charge is 2.35. The Morgan fingerprint density at radius 2 is 1.53 bits per heavy atom. The van der Waals surface area contributed by atoms with Crippen molar-refractivity contribution < 1.29 is 24.2 Å². The van der Waals surface area contributed by atoms with Gasteiger partial charge in [0, 0.05) is 42.3 Å². The smallest absolute Gasteiger partial charge is 0.411 e. The first kappa shape index (κ1) is 33.3. The number of aromatic nitrogens is 1. The number of carboxylic acid groups (broad SMARTS) is 1. The number of fused-ring (bicyclic) bond motifs is 1. The normalized spacial score (nSPS) is 13.5. The van der Waals surface area contributed by atoms with E-state index >= 15 is 0 Å². The molecule has 0 aliphatic heterocycles. The molecule has 4 rings (SSSR count). The van der Waals surface area contributed by atoms with Crippen LogP contribution in [0.25, 0.3) is 10.9 Å². The van der Waals surface area contributed by atoms with Crippen LogP contribution in [0.4, 0.5) is 4.79 Å². The summed E-state index contributed by atoms with van der Waals surface area (Å²) in [5.74, 6) is -1.11. The van der Waals surface area contributed by atoms with Crippen LogP contribution in [-0.4, -0.2) is 75.3 Å². The summed E-state index contributed by atoms with van der Waals surface area (Å²) in [6, 6.07) is 25.7. The number of nitrogens with zero attached hydrogens (tertiary/aromatic N) is 2. The Morgan fingerprint density at radius 3 is 2.18 bits per heavy atom. The number of carbonyl (C=O) groups excluding carboxylic acids is 2. The average molecular weight is 613 g/mol. The molecule has 2 unspecified atom stereocenters. The predicted octanol–water partition coefficient (Wildman–Crippen LogP) is 6.11. The molecule has 9 nitrogen and oxygen atoms in total. The van der Waals surface area contributed by atoms with E-state index in [1.807, 2.05) is 107 Å². The number of carboxylic acids is 1. The minimum Gasteiger partial charge on any atom is -0.481 e. The lowest BCUT2D eigenvalue weighted by atomic mass is 10.0. The van der Waals surface area contributed by atoms with Gasteiger partial charge in [-0.1, -0.05) is 66.7 Å². The van der Waals surface area contributed by atoms with Crippen LogP contribution in [0.15, 0.2) is 91.1 Å². The maximum Gasteiger partial charge on any atom is 0.411 e. The van der Waals surface area contributed by atoms with Gasteiger partial charge in [0.15, 0.2) is 0 Å². The lowest BCUT2D eigenvalue weighted by Crippen LogP contribution is -2.59. The van der Waals surface area contributed by atoms with Crippen LogP contribution in [0.5, 0.6) is 0 Å². The molecule has 2 amide bonds. The Balaban J connectivity index is 1.67. The van der Waals surface area contributed by atoms with E-state index in [2.05, 4.69) is 10.3 Å². The summed E-state index contributed by atoms with van der Waals surface area (Å²) in [5, 5.41) is 14.3. The standard InChI is InChI=1S/C36H44N4O5/c1-25(38-29(22-33(41)42)21-28-23-37-32-19-13-12-18-31(28)32)40(35(44)45-36(2,3)4)30(20-26-14-8-6-9-15-26)24-39(5)34(43)27-16-10-7-11-17-27/h6-19,23,25,29-30,37-38H,20-22,24H2,1-5H3,(H,41,42)/t25?,29-,30?/m0/s1. The SMILES string of the molecule is CC(N[C@H](CC(=O)O)Cc1c[nH]c2ccccc12)N(C(=O)OC(C)(C)C)C(Cc1ccccc1)CN(C)C(=O)c1ccccc1. The molecule has 1 heterocycles. The maximum absolute atomic E-state index is 14.0. The van der Waals surface area contributed by atoms with Gasteiger partial charge in [-0.3, -0.25) is 19.8 Å². The fraction of sp³-hybridized carbons (Fsp3) is 0.361. The van der Waals surface area contributed by atoms with Crippen LogP contribution in [0.3, 0.4) is 0 Å². The molecule has 0 aliphatic carbocycles. The molecule has 9 heteroatoms. The largest absolute Gasteiger partial charge is 0.481 e. The van der Waals surface area contributed by atoms with Gasteiger partial charge in [-0.25, -0.2) is 4.79 Å². The third kappa shape index (κ3) is 9.43. The van der Waals surface area contributed by atoms with Gasteiger partial charge in [0.05, 0.1) is 18.6 Å². The molecular formula is C36H44N4O5. The first-order valence-electron chi connectivity index (χ1n) is 15.3. The van der Waals surface area contributed by atoms with Gasteiger partial charge in [-0.2, -0.15) is 0 Å². The van der Waals surface area contributed by atoms with Crippen molar-refractivity contribution in [3.63, 3.8) is 0 Å². The Bertz CT molecular complexity index is 1560. The number of rotatable bonds is 13. The topological polar surface area (TPSA) is 115 Å². The number of nitrogens with one attached hydrogen (secondary N) is 2. The minimum absolute atomic E-state index is 0.151. The highest BCUT2D eigenvalue weighted by molar-refractivity contribution is 5.94. The molecule has 0 radical (unpaired) electrons. The summed E-state index contributed by atoms with van der Waals surface area (Å²) in [6.07, 6.45) is 1.44. The second-order valence-electron chi connectivity index (χ2n) is 12.5. The molecule has 0 saturated carbocycles. The lowest BCUT2D eigenvalue weighted by Gasteiger charge is -2.40. The number of ether oxygens (including phenoxy) is 1. The zero-order valence-corrected chi connectivity index (χ0v) is 26.7. The van der Waals surface area contributed by atoms with E-state index in [1.54, 1.807) is 29.0 Å². The third-order valence-electron chi connectivity index (χ3n) is 7.62. The Hall–Kier alpha value is -4.63. The molecule has 1 aromatic heterocycles. The van der Waals surface area contributed by atoms with Crippen molar-refractivity contribution in [3.8, 4) is 0 Å². The molecule has 3 aromatic carbocycles. The van der Waals surface area contributed by atoms with E-state index in [1.165, 1.54) is 0 Å². The molecule has 238 valence electrons. The zero-order valence-electron chi connectivity index (χ0n) is 26.7. The molecule has 4 aromatic rings.